The molecule has 0 radical (unpaired) electrons. The zero-order chi connectivity index (χ0) is 14.7. The highest BCUT2D eigenvalue weighted by Gasteiger charge is 2.17. The van der Waals surface area contributed by atoms with Gasteiger partial charge in [0.15, 0.2) is 0 Å². The van der Waals surface area contributed by atoms with Crippen molar-refractivity contribution in [2.45, 2.75) is 32.2 Å². The van der Waals surface area contributed by atoms with Crippen LogP contribution in [0.25, 0.3) is 11.0 Å². The third-order valence-electron chi connectivity index (χ3n) is 2.95. The van der Waals surface area contributed by atoms with Gasteiger partial charge in [0.25, 0.3) is 0 Å². The first-order chi connectivity index (χ1) is 9.54. The van der Waals surface area contributed by atoms with Crippen molar-refractivity contribution in [1.82, 2.24) is 9.55 Å². The van der Waals surface area contributed by atoms with Crippen LogP contribution in [0.2, 0.25) is 5.02 Å². The molecule has 0 aliphatic carbocycles. The number of ether oxygens (including phenoxy) is 1. The van der Waals surface area contributed by atoms with Gasteiger partial charge >= 0.3 is 5.97 Å². The van der Waals surface area contributed by atoms with Gasteiger partial charge in [-0.15, -0.1) is 11.6 Å². The Labute approximate surface area is 127 Å². The lowest BCUT2D eigenvalue weighted by Gasteiger charge is -2.10. The van der Waals surface area contributed by atoms with Gasteiger partial charge in [0.2, 0.25) is 0 Å². The zero-order valence-corrected chi connectivity index (χ0v) is 12.9. The number of aryl methyl sites for hydroxylation is 1. The van der Waals surface area contributed by atoms with E-state index in [1.165, 1.54) is 0 Å². The first kappa shape index (κ1) is 15.1. The van der Waals surface area contributed by atoms with Gasteiger partial charge in [-0.3, -0.25) is 4.79 Å². The molecule has 1 heterocycles. The predicted molar refractivity (Wildman–Crippen MR) is 80.3 cm³/mol. The summed E-state index contributed by atoms with van der Waals surface area (Å²) in [4.78, 5) is 16.0. The largest absolute Gasteiger partial charge is 0.466 e. The van der Waals surface area contributed by atoms with E-state index in [2.05, 4.69) is 4.98 Å². The predicted octanol–water partition coefficient (Wildman–Crippen LogP) is 3.94. The molecule has 1 aromatic carbocycles. The fraction of sp³-hybridized carbons (Fsp3) is 0.429. The van der Waals surface area contributed by atoms with Crippen LogP contribution in [0.4, 0.5) is 0 Å². The number of carbonyl (C=O) groups excluding carboxylic acids is 1. The summed E-state index contributed by atoms with van der Waals surface area (Å²) < 4.78 is 6.84. The van der Waals surface area contributed by atoms with E-state index in [0.29, 0.717) is 24.0 Å². The van der Waals surface area contributed by atoms with Gasteiger partial charge < -0.3 is 9.30 Å². The normalized spacial score (nSPS) is 12.6. The Morgan fingerprint density at radius 3 is 2.90 bits per heavy atom. The van der Waals surface area contributed by atoms with Gasteiger partial charge in [-0.25, -0.2) is 4.98 Å². The van der Waals surface area contributed by atoms with Gasteiger partial charge in [-0.05, 0) is 26.0 Å². The summed E-state index contributed by atoms with van der Waals surface area (Å²) in [5.41, 5.74) is 1.59. The standard InChI is InChI=1S/C14H16Cl2N2O2/c1-3-20-12(19)7-8-18-13-10(16)5-4-6-11(13)17-14(18)9(2)15/h4-6,9H,3,7-8H2,1-2H3. The third kappa shape index (κ3) is 3.07. The highest BCUT2D eigenvalue weighted by atomic mass is 35.5. The topological polar surface area (TPSA) is 44.1 Å². The third-order valence-corrected chi connectivity index (χ3v) is 3.45. The molecular weight excluding hydrogens is 299 g/mol. The van der Waals surface area contributed by atoms with Gasteiger partial charge in [0.1, 0.15) is 5.82 Å². The van der Waals surface area contributed by atoms with Crippen molar-refractivity contribution < 1.29 is 9.53 Å². The van der Waals surface area contributed by atoms with Crippen LogP contribution in [0.1, 0.15) is 31.5 Å². The number of halogens is 2. The molecule has 0 N–H and O–H groups in total. The smallest absolute Gasteiger partial charge is 0.307 e. The molecule has 2 rings (SSSR count). The van der Waals surface area contributed by atoms with Gasteiger partial charge in [0, 0.05) is 6.54 Å². The molecule has 1 atom stereocenters. The molecule has 0 saturated carbocycles. The summed E-state index contributed by atoms with van der Waals surface area (Å²) in [6.45, 7) is 4.46. The minimum absolute atomic E-state index is 0.241. The van der Waals surface area contributed by atoms with Crippen LogP contribution in [-0.2, 0) is 16.1 Å². The van der Waals surface area contributed by atoms with Crippen molar-refractivity contribution in [1.29, 1.82) is 0 Å². The molecule has 6 heteroatoms. The van der Waals surface area contributed by atoms with Crippen molar-refractivity contribution in [3.8, 4) is 0 Å². The number of para-hydroxylation sites is 1. The highest BCUT2D eigenvalue weighted by molar-refractivity contribution is 6.35. The molecule has 0 aliphatic rings. The number of nitrogens with zero attached hydrogens (tertiary/aromatic N) is 2. The average Bonchev–Trinajstić information content (AvgIpc) is 2.77. The van der Waals surface area contributed by atoms with Crippen LogP contribution in [0.15, 0.2) is 18.2 Å². The molecule has 4 nitrogen and oxygen atoms in total. The van der Waals surface area contributed by atoms with Crippen molar-refractivity contribution in [2.75, 3.05) is 6.61 Å². The molecule has 0 bridgehead atoms. The Balaban J connectivity index is 2.38. The maximum atomic E-state index is 11.5. The number of aromatic nitrogens is 2. The molecule has 1 unspecified atom stereocenters. The second-order valence-corrected chi connectivity index (χ2v) is 5.46. The molecule has 0 spiro atoms. The molecule has 0 saturated heterocycles. The second kappa shape index (κ2) is 6.46. The molecule has 0 amide bonds. The highest BCUT2D eigenvalue weighted by Crippen LogP contribution is 2.29. The number of esters is 1. The number of hydrogen-bond donors (Lipinski definition) is 0. The minimum atomic E-state index is -0.263. The first-order valence-electron chi connectivity index (χ1n) is 6.49. The van der Waals surface area contributed by atoms with Crippen molar-refractivity contribution in [3.05, 3.63) is 29.0 Å². The molecule has 108 valence electrons. The van der Waals surface area contributed by atoms with Gasteiger partial charge in [-0.2, -0.15) is 0 Å². The SMILES string of the molecule is CCOC(=O)CCn1c(C(C)Cl)nc2cccc(Cl)c21. The molecule has 0 fully saturated rings. The number of imidazole rings is 1. The van der Waals surface area contributed by atoms with E-state index in [1.807, 2.05) is 23.6 Å². The maximum absolute atomic E-state index is 11.5. The van der Waals surface area contributed by atoms with Crippen LogP contribution in [0.5, 0.6) is 0 Å². The lowest BCUT2D eigenvalue weighted by molar-refractivity contribution is -0.143. The monoisotopic (exact) mass is 314 g/mol. The number of fused-ring (bicyclic) bond motifs is 1. The van der Waals surface area contributed by atoms with Gasteiger partial charge in [0.05, 0.1) is 34.5 Å². The van der Waals surface area contributed by atoms with Crippen molar-refractivity contribution in [2.24, 2.45) is 0 Å². The number of rotatable bonds is 5. The van der Waals surface area contributed by atoms with Crippen LogP contribution in [-0.4, -0.2) is 22.1 Å². The average molecular weight is 315 g/mol. The quantitative estimate of drug-likeness (QED) is 0.620. The fourth-order valence-corrected chi connectivity index (χ4v) is 2.56. The summed E-state index contributed by atoms with van der Waals surface area (Å²) >= 11 is 12.4. The Bertz CT molecular complexity index is 623. The summed E-state index contributed by atoms with van der Waals surface area (Å²) in [5, 5.41) is 0.336. The fourth-order valence-electron chi connectivity index (χ4n) is 2.13. The van der Waals surface area contributed by atoms with E-state index in [9.17, 15) is 4.79 Å². The lowest BCUT2D eigenvalue weighted by atomic mass is 10.3. The van der Waals surface area contributed by atoms with Gasteiger partial charge in [-0.1, -0.05) is 17.7 Å². The van der Waals surface area contributed by atoms with E-state index in [-0.39, 0.29) is 17.8 Å². The molecular formula is C14H16Cl2N2O2. The first-order valence-corrected chi connectivity index (χ1v) is 7.30. The Hall–Kier alpha value is -1.26. The zero-order valence-electron chi connectivity index (χ0n) is 11.4. The van der Waals surface area contributed by atoms with E-state index >= 15 is 0 Å². The lowest BCUT2D eigenvalue weighted by Crippen LogP contribution is -2.11. The van der Waals surface area contributed by atoms with E-state index in [1.54, 1.807) is 13.0 Å². The molecule has 2 aromatic rings. The Morgan fingerprint density at radius 2 is 2.25 bits per heavy atom. The van der Waals surface area contributed by atoms with Crippen LogP contribution in [0.3, 0.4) is 0 Å². The molecule has 20 heavy (non-hydrogen) atoms. The summed E-state index contributed by atoms with van der Waals surface area (Å²) in [6, 6.07) is 5.52. The minimum Gasteiger partial charge on any atom is -0.466 e. The molecule has 1 aromatic heterocycles. The van der Waals surface area contributed by atoms with Crippen LogP contribution < -0.4 is 0 Å². The molecule has 0 aliphatic heterocycles. The van der Waals surface area contributed by atoms with Crippen molar-refractivity contribution in [3.63, 3.8) is 0 Å². The Morgan fingerprint density at radius 1 is 1.50 bits per heavy atom. The van der Waals surface area contributed by atoms with Crippen LogP contribution in [0, 0.1) is 0 Å². The summed E-state index contributed by atoms with van der Waals surface area (Å²) in [7, 11) is 0. The number of alkyl halides is 1. The van der Waals surface area contributed by atoms with E-state index < -0.39 is 0 Å². The summed E-state index contributed by atoms with van der Waals surface area (Å²) in [5.74, 6) is 0.466. The van der Waals surface area contributed by atoms with E-state index in [4.69, 9.17) is 27.9 Å². The Kier molecular flexibility index (Phi) is 4.89. The number of carbonyl (C=O) groups is 1. The van der Waals surface area contributed by atoms with Crippen LogP contribution >= 0.6 is 23.2 Å². The van der Waals surface area contributed by atoms with Crippen molar-refractivity contribution >= 4 is 40.2 Å². The second-order valence-electron chi connectivity index (χ2n) is 4.40. The summed E-state index contributed by atoms with van der Waals surface area (Å²) in [6.07, 6.45) is 0.265. The van der Waals surface area contributed by atoms with E-state index in [0.717, 1.165) is 11.0 Å². The maximum Gasteiger partial charge on any atom is 0.307 e. The number of benzene rings is 1. The number of hydrogen-bond acceptors (Lipinski definition) is 3.